The van der Waals surface area contributed by atoms with Crippen LogP contribution in [0, 0.1) is 0 Å². The molecule has 0 heterocycles. The van der Waals surface area contributed by atoms with Gasteiger partial charge in [-0.2, -0.15) is 0 Å². The molecule has 2 amide bonds. The number of para-hydroxylation sites is 1. The number of carbonyl (C=O) groups excluding carboxylic acids is 1. The Kier molecular flexibility index (Phi) is 5.29. The molecule has 1 aromatic rings. The maximum atomic E-state index is 12.5. The molecule has 0 bridgehead atoms. The smallest absolute Gasteiger partial charge is 0.318 e. The number of nitrogens with zero attached hydrogens (tertiary/aromatic N) is 1. The topological polar surface area (TPSA) is 50.8 Å². The van der Waals surface area contributed by atoms with Gasteiger partial charge in [-0.3, -0.25) is 0 Å². The number of hydrogen-bond acceptors (Lipinski definition) is 3. The predicted molar refractivity (Wildman–Crippen MR) is 86.0 cm³/mol. The summed E-state index contributed by atoms with van der Waals surface area (Å²) in [4.78, 5) is 14.4. The van der Waals surface area contributed by atoms with Gasteiger partial charge in [0.2, 0.25) is 0 Å². The molecule has 0 atom stereocenters. The highest BCUT2D eigenvalue weighted by molar-refractivity contribution is 5.75. The fourth-order valence-corrected chi connectivity index (χ4v) is 2.23. The quantitative estimate of drug-likeness (QED) is 0.843. The van der Waals surface area contributed by atoms with Crippen LogP contribution in [0.2, 0.25) is 0 Å². The Morgan fingerprint density at radius 3 is 2.59 bits per heavy atom. The molecule has 1 fully saturated rings. The fraction of sp³-hybridized carbons (Fsp3) is 0.588. The molecule has 0 spiro atoms. The summed E-state index contributed by atoms with van der Waals surface area (Å²) in [7, 11) is 3.31. The van der Waals surface area contributed by atoms with Crippen LogP contribution in [-0.4, -0.2) is 43.3 Å². The van der Waals surface area contributed by atoms with Crippen molar-refractivity contribution < 1.29 is 14.3 Å². The van der Waals surface area contributed by atoms with E-state index in [-0.39, 0.29) is 11.6 Å². The summed E-state index contributed by atoms with van der Waals surface area (Å²) >= 11 is 0. The van der Waals surface area contributed by atoms with E-state index in [4.69, 9.17) is 9.47 Å². The molecule has 1 N–H and O–H groups in total. The molecule has 2 rings (SSSR count). The molecule has 1 aliphatic rings. The highest BCUT2D eigenvalue weighted by Gasteiger charge is 2.33. The van der Waals surface area contributed by atoms with Gasteiger partial charge in [-0.25, -0.2) is 4.79 Å². The fourth-order valence-electron chi connectivity index (χ4n) is 2.23. The highest BCUT2D eigenvalue weighted by atomic mass is 16.5. The lowest BCUT2D eigenvalue weighted by atomic mass is 10.1. The molecule has 122 valence electrons. The third-order valence-electron chi connectivity index (χ3n) is 4.00. The maximum Gasteiger partial charge on any atom is 0.318 e. The molecule has 22 heavy (non-hydrogen) atoms. The van der Waals surface area contributed by atoms with Crippen molar-refractivity contribution in [2.24, 2.45) is 0 Å². The second-order valence-corrected chi connectivity index (χ2v) is 6.29. The zero-order valence-electron chi connectivity index (χ0n) is 13.9. The van der Waals surface area contributed by atoms with Gasteiger partial charge < -0.3 is 19.7 Å². The van der Waals surface area contributed by atoms with E-state index >= 15 is 0 Å². The lowest BCUT2D eigenvalue weighted by Crippen LogP contribution is -2.46. The van der Waals surface area contributed by atoms with E-state index in [1.165, 1.54) is 0 Å². The van der Waals surface area contributed by atoms with Crippen LogP contribution in [0.4, 0.5) is 4.79 Å². The summed E-state index contributed by atoms with van der Waals surface area (Å²) < 4.78 is 10.7. The van der Waals surface area contributed by atoms with E-state index in [1.54, 1.807) is 14.2 Å². The molecule has 1 aromatic carbocycles. The number of carbonyl (C=O) groups is 1. The first-order valence-corrected chi connectivity index (χ1v) is 7.68. The molecule has 5 heteroatoms. The normalized spacial score (nSPS) is 14.5. The van der Waals surface area contributed by atoms with Crippen molar-refractivity contribution in [3.63, 3.8) is 0 Å². The van der Waals surface area contributed by atoms with Gasteiger partial charge in [0.15, 0.2) is 0 Å². The maximum absolute atomic E-state index is 12.5. The van der Waals surface area contributed by atoms with Crippen LogP contribution in [0.5, 0.6) is 5.75 Å². The van der Waals surface area contributed by atoms with Gasteiger partial charge in [-0.1, -0.05) is 18.2 Å². The van der Waals surface area contributed by atoms with Gasteiger partial charge in [0.25, 0.3) is 0 Å². The van der Waals surface area contributed by atoms with Crippen molar-refractivity contribution in [2.75, 3.05) is 20.8 Å². The van der Waals surface area contributed by atoms with Crippen LogP contribution >= 0.6 is 0 Å². The monoisotopic (exact) mass is 306 g/mol. The van der Waals surface area contributed by atoms with Gasteiger partial charge >= 0.3 is 6.03 Å². The van der Waals surface area contributed by atoms with E-state index in [1.807, 2.05) is 43.0 Å². The standard InChI is InChI=1S/C17H26N2O3/c1-17(2,22-4)12-18-16(20)19(14-9-10-14)11-13-7-5-6-8-15(13)21-3/h5-8,14H,9-12H2,1-4H3,(H,18,20). The summed E-state index contributed by atoms with van der Waals surface area (Å²) in [5.74, 6) is 0.818. The molecular weight excluding hydrogens is 280 g/mol. The number of hydrogen-bond donors (Lipinski definition) is 1. The van der Waals surface area contributed by atoms with Crippen molar-refractivity contribution in [3.8, 4) is 5.75 Å². The van der Waals surface area contributed by atoms with Crippen molar-refractivity contribution in [1.82, 2.24) is 10.2 Å². The van der Waals surface area contributed by atoms with Crippen molar-refractivity contribution in [1.29, 1.82) is 0 Å². The lowest BCUT2D eigenvalue weighted by Gasteiger charge is -2.28. The van der Waals surface area contributed by atoms with E-state index in [0.717, 1.165) is 24.2 Å². The molecule has 1 saturated carbocycles. The number of nitrogens with one attached hydrogen (secondary N) is 1. The third kappa shape index (κ3) is 4.37. The molecule has 0 unspecified atom stereocenters. The molecule has 1 aliphatic carbocycles. The van der Waals surface area contributed by atoms with Crippen molar-refractivity contribution in [2.45, 2.75) is 44.9 Å². The van der Waals surface area contributed by atoms with E-state index in [2.05, 4.69) is 5.32 Å². The zero-order chi connectivity index (χ0) is 16.2. The first-order chi connectivity index (χ1) is 10.5. The van der Waals surface area contributed by atoms with Gasteiger partial charge in [0.1, 0.15) is 5.75 Å². The van der Waals surface area contributed by atoms with Gasteiger partial charge in [0.05, 0.1) is 19.3 Å². The van der Waals surface area contributed by atoms with Crippen LogP contribution in [0.3, 0.4) is 0 Å². The minimum Gasteiger partial charge on any atom is -0.496 e. The number of rotatable bonds is 7. The van der Waals surface area contributed by atoms with Crippen LogP contribution in [0.1, 0.15) is 32.3 Å². The van der Waals surface area contributed by atoms with Crippen LogP contribution in [0.15, 0.2) is 24.3 Å². The van der Waals surface area contributed by atoms with Crippen LogP contribution in [0.25, 0.3) is 0 Å². The Labute approximate surface area is 132 Å². The Bertz CT molecular complexity index is 512. The summed E-state index contributed by atoms with van der Waals surface area (Å²) in [6.45, 7) is 4.95. The average molecular weight is 306 g/mol. The molecule has 0 saturated heterocycles. The highest BCUT2D eigenvalue weighted by Crippen LogP contribution is 2.30. The minimum atomic E-state index is -0.366. The number of methoxy groups -OCH3 is 2. The second-order valence-electron chi connectivity index (χ2n) is 6.29. The van der Waals surface area contributed by atoms with Crippen molar-refractivity contribution in [3.05, 3.63) is 29.8 Å². The summed E-state index contributed by atoms with van der Waals surface area (Å²) in [6.07, 6.45) is 2.13. The van der Waals surface area contributed by atoms with E-state index < -0.39 is 0 Å². The van der Waals surface area contributed by atoms with E-state index in [0.29, 0.717) is 19.1 Å². The molecule has 0 aliphatic heterocycles. The van der Waals surface area contributed by atoms with Gasteiger partial charge in [-0.05, 0) is 32.8 Å². The largest absolute Gasteiger partial charge is 0.496 e. The number of ether oxygens (including phenoxy) is 2. The summed E-state index contributed by atoms with van der Waals surface area (Å²) in [6, 6.07) is 8.11. The second kappa shape index (κ2) is 7.01. The molecule has 0 aromatic heterocycles. The average Bonchev–Trinajstić information content (AvgIpc) is 3.35. The van der Waals surface area contributed by atoms with Gasteiger partial charge in [-0.15, -0.1) is 0 Å². The Morgan fingerprint density at radius 2 is 2.00 bits per heavy atom. The van der Waals surface area contributed by atoms with Gasteiger partial charge in [0, 0.05) is 25.3 Å². The SMILES string of the molecule is COc1ccccc1CN(C(=O)NCC(C)(C)OC)C1CC1. The Balaban J connectivity index is 2.02. The molecule has 5 nitrogen and oxygen atoms in total. The van der Waals surface area contributed by atoms with E-state index in [9.17, 15) is 4.79 Å². The zero-order valence-corrected chi connectivity index (χ0v) is 13.9. The molecular formula is C17H26N2O3. The third-order valence-corrected chi connectivity index (χ3v) is 4.00. The van der Waals surface area contributed by atoms with Crippen molar-refractivity contribution >= 4 is 6.03 Å². The molecule has 0 radical (unpaired) electrons. The summed E-state index contributed by atoms with van der Waals surface area (Å²) in [5, 5.41) is 2.97. The summed E-state index contributed by atoms with van der Waals surface area (Å²) in [5.41, 5.74) is 0.660. The number of urea groups is 1. The first kappa shape index (κ1) is 16.6. The first-order valence-electron chi connectivity index (χ1n) is 7.68. The minimum absolute atomic E-state index is 0.0430. The number of benzene rings is 1. The Hall–Kier alpha value is -1.75. The lowest BCUT2D eigenvalue weighted by molar-refractivity contribution is 0.0241. The number of amides is 2. The van der Waals surface area contributed by atoms with Crippen LogP contribution in [-0.2, 0) is 11.3 Å². The Morgan fingerprint density at radius 1 is 1.32 bits per heavy atom. The predicted octanol–water partition coefficient (Wildman–Crippen LogP) is 2.79. The van der Waals surface area contributed by atoms with Crippen LogP contribution < -0.4 is 10.1 Å².